The Bertz CT molecular complexity index is 1140. The summed E-state index contributed by atoms with van der Waals surface area (Å²) in [6, 6.07) is 1.35. The SMILES string of the molecule is Cc1nc2c(C(F)F)cc3cnc(NC4CCN(S(C)(=O)=O)CC4)nc3n2n1. The van der Waals surface area contributed by atoms with E-state index in [1.165, 1.54) is 27.3 Å². The van der Waals surface area contributed by atoms with Crippen LogP contribution in [0.4, 0.5) is 14.7 Å². The lowest BCUT2D eigenvalue weighted by molar-refractivity contribution is 0.152. The number of aryl methyl sites for hydroxylation is 1. The fourth-order valence-electron chi connectivity index (χ4n) is 3.38. The Labute approximate surface area is 159 Å². The van der Waals surface area contributed by atoms with Crippen LogP contribution in [0.1, 0.15) is 30.7 Å². The Hall–Kier alpha value is -2.47. The third-order valence-corrected chi connectivity index (χ3v) is 6.07. The first-order valence-corrected chi connectivity index (χ1v) is 10.6. The quantitative estimate of drug-likeness (QED) is 0.697. The van der Waals surface area contributed by atoms with Crippen LogP contribution < -0.4 is 5.32 Å². The number of nitrogens with one attached hydrogen (secondary N) is 1. The molecular formula is C16H19F2N7O2S. The monoisotopic (exact) mass is 411 g/mol. The number of halogens is 2. The normalized spacial score (nSPS) is 17.0. The van der Waals surface area contributed by atoms with E-state index in [0.29, 0.717) is 48.7 Å². The summed E-state index contributed by atoms with van der Waals surface area (Å²) in [5.74, 6) is 0.709. The standard InChI is InChI=1S/C16H19F2N7O2S/c1-9-20-15-12(13(17)18)7-10-8-19-16(22-14(10)25(15)23-9)21-11-3-5-24(6-4-11)28(2,26)27/h7-8,11,13H,3-6H2,1-2H3,(H,19,21,22). The van der Waals surface area contributed by atoms with Crippen molar-refractivity contribution in [2.75, 3.05) is 24.7 Å². The number of alkyl halides is 2. The number of rotatable bonds is 4. The summed E-state index contributed by atoms with van der Waals surface area (Å²) >= 11 is 0. The van der Waals surface area contributed by atoms with Gasteiger partial charge in [-0.15, -0.1) is 5.10 Å². The van der Waals surface area contributed by atoms with E-state index in [2.05, 4.69) is 25.4 Å². The van der Waals surface area contributed by atoms with E-state index in [0.717, 1.165) is 0 Å². The Morgan fingerprint density at radius 1 is 1.21 bits per heavy atom. The van der Waals surface area contributed by atoms with Gasteiger partial charge in [0.05, 0.1) is 11.8 Å². The molecule has 1 fully saturated rings. The maximum absolute atomic E-state index is 13.4. The van der Waals surface area contributed by atoms with Gasteiger partial charge in [-0.2, -0.15) is 9.50 Å². The Kier molecular flexibility index (Phi) is 4.62. The highest BCUT2D eigenvalue weighted by Gasteiger charge is 2.25. The Balaban J connectivity index is 1.63. The van der Waals surface area contributed by atoms with Gasteiger partial charge in [0.1, 0.15) is 5.82 Å². The summed E-state index contributed by atoms with van der Waals surface area (Å²) in [6.45, 7) is 2.48. The highest BCUT2D eigenvalue weighted by Crippen LogP contribution is 2.27. The second-order valence-corrected chi connectivity index (χ2v) is 8.83. The van der Waals surface area contributed by atoms with Gasteiger partial charge >= 0.3 is 0 Å². The molecule has 1 N–H and O–H groups in total. The van der Waals surface area contributed by atoms with Crippen LogP contribution in [0.25, 0.3) is 16.7 Å². The lowest BCUT2D eigenvalue weighted by Gasteiger charge is -2.30. The number of pyridine rings is 1. The van der Waals surface area contributed by atoms with Crippen molar-refractivity contribution in [3.05, 3.63) is 23.7 Å². The molecule has 3 aromatic rings. The van der Waals surface area contributed by atoms with Crippen molar-refractivity contribution < 1.29 is 17.2 Å². The van der Waals surface area contributed by atoms with Gasteiger partial charge in [-0.05, 0) is 25.8 Å². The highest BCUT2D eigenvalue weighted by atomic mass is 32.2. The molecule has 9 nitrogen and oxygen atoms in total. The van der Waals surface area contributed by atoms with Crippen LogP contribution in [-0.2, 0) is 10.0 Å². The van der Waals surface area contributed by atoms with Gasteiger partial charge < -0.3 is 5.32 Å². The highest BCUT2D eigenvalue weighted by molar-refractivity contribution is 7.88. The Morgan fingerprint density at radius 2 is 1.93 bits per heavy atom. The minimum Gasteiger partial charge on any atom is -0.351 e. The zero-order chi connectivity index (χ0) is 20.1. The van der Waals surface area contributed by atoms with Crippen LogP contribution >= 0.6 is 0 Å². The lowest BCUT2D eigenvalue weighted by Crippen LogP contribution is -2.42. The van der Waals surface area contributed by atoms with Crippen molar-refractivity contribution in [2.24, 2.45) is 0 Å². The van der Waals surface area contributed by atoms with Crippen molar-refractivity contribution >= 4 is 32.7 Å². The van der Waals surface area contributed by atoms with Crippen molar-refractivity contribution in [1.82, 2.24) is 28.9 Å². The Morgan fingerprint density at radius 3 is 2.57 bits per heavy atom. The third kappa shape index (κ3) is 3.49. The molecule has 1 aliphatic rings. The molecule has 0 spiro atoms. The summed E-state index contributed by atoms with van der Waals surface area (Å²) in [5.41, 5.74) is 0.239. The second kappa shape index (κ2) is 6.85. The first kappa shape index (κ1) is 18.9. The van der Waals surface area contributed by atoms with E-state index in [9.17, 15) is 17.2 Å². The average Bonchev–Trinajstić information content (AvgIpc) is 3.02. The van der Waals surface area contributed by atoms with Crippen LogP contribution in [0.2, 0.25) is 0 Å². The molecular weight excluding hydrogens is 392 g/mol. The average molecular weight is 411 g/mol. The summed E-state index contributed by atoms with van der Waals surface area (Å²) in [5, 5.41) is 7.83. The smallest absolute Gasteiger partial charge is 0.267 e. The number of anilines is 1. The summed E-state index contributed by atoms with van der Waals surface area (Å²) < 4.78 is 52.7. The number of sulfonamides is 1. The molecule has 28 heavy (non-hydrogen) atoms. The minimum atomic E-state index is -3.19. The van der Waals surface area contributed by atoms with Gasteiger partial charge in [0.15, 0.2) is 11.3 Å². The molecule has 0 aliphatic carbocycles. The second-order valence-electron chi connectivity index (χ2n) is 6.85. The minimum absolute atomic E-state index is 0.0174. The molecule has 1 saturated heterocycles. The van der Waals surface area contributed by atoms with E-state index in [4.69, 9.17) is 0 Å². The van der Waals surface area contributed by atoms with E-state index in [1.807, 2.05) is 0 Å². The van der Waals surface area contributed by atoms with E-state index in [-0.39, 0.29) is 17.3 Å². The van der Waals surface area contributed by atoms with Crippen molar-refractivity contribution in [3.8, 4) is 0 Å². The lowest BCUT2D eigenvalue weighted by atomic mass is 10.1. The van der Waals surface area contributed by atoms with Gasteiger partial charge in [-0.25, -0.2) is 31.5 Å². The molecule has 1 aliphatic heterocycles. The summed E-state index contributed by atoms with van der Waals surface area (Å²) in [6.07, 6.45) is 1.23. The number of hydrogen-bond acceptors (Lipinski definition) is 7. The predicted molar refractivity (Wildman–Crippen MR) is 98.8 cm³/mol. The molecule has 0 aromatic carbocycles. The number of piperidine rings is 1. The molecule has 150 valence electrons. The molecule has 4 rings (SSSR count). The van der Waals surface area contributed by atoms with Gasteiger partial charge in [-0.3, -0.25) is 0 Å². The van der Waals surface area contributed by atoms with Gasteiger partial charge in [0.2, 0.25) is 16.0 Å². The first-order chi connectivity index (χ1) is 13.2. The molecule has 12 heteroatoms. The zero-order valence-corrected chi connectivity index (χ0v) is 16.1. The van der Waals surface area contributed by atoms with E-state index < -0.39 is 16.4 Å². The third-order valence-electron chi connectivity index (χ3n) is 4.77. The van der Waals surface area contributed by atoms with Crippen LogP contribution in [0, 0.1) is 6.92 Å². The predicted octanol–water partition coefficient (Wildman–Crippen LogP) is 1.75. The summed E-state index contributed by atoms with van der Waals surface area (Å²) in [7, 11) is -3.19. The topological polar surface area (TPSA) is 105 Å². The van der Waals surface area contributed by atoms with Crippen molar-refractivity contribution in [2.45, 2.75) is 32.2 Å². The first-order valence-electron chi connectivity index (χ1n) is 8.75. The molecule has 3 aromatic heterocycles. The largest absolute Gasteiger partial charge is 0.351 e. The van der Waals surface area contributed by atoms with Crippen molar-refractivity contribution in [3.63, 3.8) is 0 Å². The zero-order valence-electron chi connectivity index (χ0n) is 15.3. The van der Waals surface area contributed by atoms with Crippen LogP contribution in [0.15, 0.2) is 12.3 Å². The number of fused-ring (bicyclic) bond motifs is 3. The molecule has 0 amide bonds. The summed E-state index contributed by atoms with van der Waals surface area (Å²) in [4.78, 5) is 12.8. The fourth-order valence-corrected chi connectivity index (χ4v) is 4.25. The van der Waals surface area contributed by atoms with Gasteiger partial charge in [0, 0.05) is 30.7 Å². The number of aromatic nitrogens is 5. The molecule has 4 heterocycles. The van der Waals surface area contributed by atoms with Gasteiger partial charge in [-0.1, -0.05) is 0 Å². The molecule has 0 saturated carbocycles. The maximum atomic E-state index is 13.4. The fraction of sp³-hybridized carbons (Fsp3) is 0.500. The molecule has 0 atom stereocenters. The van der Waals surface area contributed by atoms with Crippen LogP contribution in [0.3, 0.4) is 0 Å². The number of hydrogen-bond donors (Lipinski definition) is 1. The van der Waals surface area contributed by atoms with Crippen LogP contribution in [0.5, 0.6) is 0 Å². The van der Waals surface area contributed by atoms with Crippen LogP contribution in [-0.4, -0.2) is 62.7 Å². The molecule has 0 bridgehead atoms. The number of nitrogens with zero attached hydrogens (tertiary/aromatic N) is 6. The molecule has 0 radical (unpaired) electrons. The maximum Gasteiger partial charge on any atom is 0.267 e. The van der Waals surface area contributed by atoms with Crippen molar-refractivity contribution in [1.29, 1.82) is 0 Å². The molecule has 0 unspecified atom stereocenters. The van der Waals surface area contributed by atoms with Gasteiger partial charge in [0.25, 0.3) is 6.43 Å². The van der Waals surface area contributed by atoms with E-state index in [1.54, 1.807) is 6.92 Å². The van der Waals surface area contributed by atoms with E-state index >= 15 is 0 Å².